The van der Waals surface area contributed by atoms with E-state index in [-0.39, 0.29) is 5.92 Å². The van der Waals surface area contributed by atoms with Crippen LogP contribution in [0.2, 0.25) is 5.02 Å². The average Bonchev–Trinajstić information content (AvgIpc) is 2.67. The minimum atomic E-state index is 0.229. The van der Waals surface area contributed by atoms with Gasteiger partial charge in [-0.1, -0.05) is 38.3 Å². The Morgan fingerprint density at radius 3 is 2.53 bits per heavy atom. The van der Waals surface area contributed by atoms with E-state index >= 15 is 0 Å². The minimum Gasteiger partial charge on any atom is -0.299 e. The fourth-order valence-electron chi connectivity index (χ4n) is 2.90. The number of carbonyl (C=O) groups excluding carboxylic acids is 1. The summed E-state index contributed by atoms with van der Waals surface area (Å²) in [7, 11) is 1.87. The zero-order valence-electron chi connectivity index (χ0n) is 12.1. The van der Waals surface area contributed by atoms with Crippen molar-refractivity contribution in [3.05, 3.63) is 16.4 Å². The molecule has 1 saturated carbocycles. The monoisotopic (exact) mass is 282 g/mol. The number of aryl methyl sites for hydroxylation is 2. The van der Waals surface area contributed by atoms with Gasteiger partial charge in [0.2, 0.25) is 0 Å². The second-order valence-corrected chi connectivity index (χ2v) is 6.16. The van der Waals surface area contributed by atoms with Crippen LogP contribution in [0, 0.1) is 11.8 Å². The van der Waals surface area contributed by atoms with Crippen LogP contribution < -0.4 is 0 Å². The first-order valence-electron chi connectivity index (χ1n) is 7.25. The Morgan fingerprint density at radius 1 is 1.37 bits per heavy atom. The fourth-order valence-corrected chi connectivity index (χ4v) is 3.26. The van der Waals surface area contributed by atoms with Crippen LogP contribution in [0.25, 0.3) is 0 Å². The summed E-state index contributed by atoms with van der Waals surface area (Å²) < 4.78 is 1.77. The van der Waals surface area contributed by atoms with E-state index in [2.05, 4.69) is 12.0 Å². The highest BCUT2D eigenvalue weighted by atomic mass is 35.5. The van der Waals surface area contributed by atoms with Crippen LogP contribution in [-0.4, -0.2) is 15.6 Å². The molecule has 4 heteroatoms. The number of halogens is 1. The van der Waals surface area contributed by atoms with Gasteiger partial charge in [0.15, 0.2) is 0 Å². The van der Waals surface area contributed by atoms with Crippen molar-refractivity contribution in [1.29, 1.82) is 0 Å². The smallest absolute Gasteiger partial charge is 0.141 e. The number of rotatable bonds is 4. The Bertz CT molecular complexity index is 459. The Labute approximate surface area is 120 Å². The van der Waals surface area contributed by atoms with E-state index in [1.165, 1.54) is 12.8 Å². The van der Waals surface area contributed by atoms with Crippen molar-refractivity contribution in [3.8, 4) is 0 Å². The van der Waals surface area contributed by atoms with Gasteiger partial charge in [-0.25, -0.2) is 0 Å². The molecule has 1 aromatic rings. The third kappa shape index (κ3) is 3.19. The number of ketones is 1. The highest BCUT2D eigenvalue weighted by Gasteiger charge is 2.26. The summed E-state index contributed by atoms with van der Waals surface area (Å²) in [4.78, 5) is 12.4. The van der Waals surface area contributed by atoms with Crippen molar-refractivity contribution in [2.45, 2.75) is 52.4 Å². The standard InChI is InChI=1S/C15H23ClN2O/c1-4-12-15(16)13(18(3)17-12)9-14(19)11-7-5-10(2)6-8-11/h10-11H,4-9H2,1-3H3. The molecule has 106 valence electrons. The first-order valence-corrected chi connectivity index (χ1v) is 7.63. The molecule has 0 spiro atoms. The number of hydrogen-bond acceptors (Lipinski definition) is 2. The van der Waals surface area contributed by atoms with Crippen molar-refractivity contribution >= 4 is 17.4 Å². The summed E-state index contributed by atoms with van der Waals surface area (Å²) in [6, 6.07) is 0. The van der Waals surface area contributed by atoms with Gasteiger partial charge >= 0.3 is 0 Å². The van der Waals surface area contributed by atoms with Gasteiger partial charge in [-0.2, -0.15) is 5.10 Å². The van der Waals surface area contributed by atoms with E-state index in [1.54, 1.807) is 4.68 Å². The number of carbonyl (C=O) groups is 1. The van der Waals surface area contributed by atoms with Gasteiger partial charge in [0, 0.05) is 13.0 Å². The lowest BCUT2D eigenvalue weighted by atomic mass is 9.80. The average molecular weight is 283 g/mol. The highest BCUT2D eigenvalue weighted by Crippen LogP contribution is 2.30. The molecule has 2 rings (SSSR count). The van der Waals surface area contributed by atoms with Crippen molar-refractivity contribution in [2.24, 2.45) is 18.9 Å². The minimum absolute atomic E-state index is 0.229. The molecule has 0 atom stereocenters. The van der Waals surface area contributed by atoms with E-state index in [4.69, 9.17) is 11.6 Å². The maximum absolute atomic E-state index is 12.4. The summed E-state index contributed by atoms with van der Waals surface area (Å²) in [6.07, 6.45) is 5.67. The van der Waals surface area contributed by atoms with E-state index in [1.807, 2.05) is 14.0 Å². The molecule has 0 saturated heterocycles. The lowest BCUT2D eigenvalue weighted by molar-refractivity contribution is -0.123. The zero-order chi connectivity index (χ0) is 14.0. The van der Waals surface area contributed by atoms with Gasteiger partial charge in [-0.3, -0.25) is 9.48 Å². The number of nitrogens with zero attached hydrogens (tertiary/aromatic N) is 2. The molecule has 0 aromatic carbocycles. The second-order valence-electron chi connectivity index (χ2n) is 5.78. The topological polar surface area (TPSA) is 34.9 Å². The third-order valence-electron chi connectivity index (χ3n) is 4.32. The van der Waals surface area contributed by atoms with Gasteiger partial charge in [0.1, 0.15) is 5.78 Å². The molecule has 1 fully saturated rings. The SMILES string of the molecule is CCc1nn(C)c(CC(=O)C2CCC(C)CC2)c1Cl. The first-order chi connectivity index (χ1) is 9.02. The summed E-state index contributed by atoms with van der Waals surface area (Å²) >= 11 is 6.30. The van der Waals surface area contributed by atoms with Gasteiger partial charge in [0.25, 0.3) is 0 Å². The van der Waals surface area contributed by atoms with Crippen LogP contribution in [0.3, 0.4) is 0 Å². The molecule has 0 bridgehead atoms. The van der Waals surface area contributed by atoms with Gasteiger partial charge < -0.3 is 0 Å². The second kappa shape index (κ2) is 6.08. The Hall–Kier alpha value is -0.830. The van der Waals surface area contributed by atoms with Crippen LogP contribution in [0.4, 0.5) is 0 Å². The van der Waals surface area contributed by atoms with E-state index < -0.39 is 0 Å². The number of hydrogen-bond donors (Lipinski definition) is 0. The summed E-state index contributed by atoms with van der Waals surface area (Å²) in [6.45, 7) is 4.30. The maximum Gasteiger partial charge on any atom is 0.141 e. The molecule has 3 nitrogen and oxygen atoms in total. The summed E-state index contributed by atoms with van der Waals surface area (Å²) in [5.41, 5.74) is 1.77. The van der Waals surface area contributed by atoms with Gasteiger partial charge in [0.05, 0.1) is 22.8 Å². The molecule has 0 amide bonds. The van der Waals surface area contributed by atoms with Crippen LogP contribution in [0.15, 0.2) is 0 Å². The molecular weight excluding hydrogens is 260 g/mol. The normalized spacial score (nSPS) is 23.6. The lowest BCUT2D eigenvalue weighted by Crippen LogP contribution is -2.23. The van der Waals surface area contributed by atoms with Crippen molar-refractivity contribution in [1.82, 2.24) is 9.78 Å². The summed E-state index contributed by atoms with van der Waals surface area (Å²) in [5, 5.41) is 5.05. The molecule has 1 aromatic heterocycles. The molecule has 1 heterocycles. The Balaban J connectivity index is 2.05. The largest absolute Gasteiger partial charge is 0.299 e. The van der Waals surface area contributed by atoms with Crippen molar-refractivity contribution in [3.63, 3.8) is 0 Å². The van der Waals surface area contributed by atoms with Crippen LogP contribution in [0.1, 0.15) is 50.9 Å². The van der Waals surface area contributed by atoms with Crippen LogP contribution in [0.5, 0.6) is 0 Å². The van der Waals surface area contributed by atoms with Gasteiger partial charge in [-0.05, 0) is 25.2 Å². The molecule has 1 aliphatic rings. The fraction of sp³-hybridized carbons (Fsp3) is 0.733. The molecule has 0 aliphatic heterocycles. The predicted molar refractivity (Wildman–Crippen MR) is 77.4 cm³/mol. The first kappa shape index (κ1) is 14.6. The molecule has 0 unspecified atom stereocenters. The van der Waals surface area contributed by atoms with E-state index in [9.17, 15) is 4.79 Å². The van der Waals surface area contributed by atoms with E-state index in [0.717, 1.165) is 36.6 Å². The molecular formula is C15H23ClN2O. The zero-order valence-corrected chi connectivity index (χ0v) is 12.8. The molecule has 19 heavy (non-hydrogen) atoms. The van der Waals surface area contributed by atoms with E-state index in [0.29, 0.717) is 17.2 Å². The highest BCUT2D eigenvalue weighted by molar-refractivity contribution is 6.32. The van der Waals surface area contributed by atoms with Crippen LogP contribution >= 0.6 is 11.6 Å². The maximum atomic E-state index is 12.4. The Morgan fingerprint density at radius 2 is 2.00 bits per heavy atom. The predicted octanol–water partition coefficient (Wildman–Crippen LogP) is 3.57. The van der Waals surface area contributed by atoms with Crippen molar-refractivity contribution < 1.29 is 4.79 Å². The van der Waals surface area contributed by atoms with Crippen LogP contribution in [-0.2, 0) is 24.7 Å². The lowest BCUT2D eigenvalue weighted by Gasteiger charge is -2.25. The molecule has 0 radical (unpaired) electrons. The van der Waals surface area contributed by atoms with Crippen molar-refractivity contribution in [2.75, 3.05) is 0 Å². The molecule has 0 N–H and O–H groups in total. The third-order valence-corrected chi connectivity index (χ3v) is 4.75. The summed E-state index contributed by atoms with van der Waals surface area (Å²) in [5.74, 6) is 1.34. The molecule has 1 aliphatic carbocycles. The Kier molecular flexibility index (Phi) is 4.67. The number of Topliss-reactive ketones (excluding diaryl/α,β-unsaturated/α-hetero) is 1. The quantitative estimate of drug-likeness (QED) is 0.846. The number of aromatic nitrogens is 2. The van der Waals surface area contributed by atoms with Gasteiger partial charge in [-0.15, -0.1) is 0 Å².